The average Bonchev–Trinajstić information content (AvgIpc) is 2.39. The maximum Gasteiger partial charge on any atom is 0.169 e. The van der Waals surface area contributed by atoms with Crippen LogP contribution in [0.4, 0.5) is 0 Å². The van der Waals surface area contributed by atoms with Gasteiger partial charge in [-0.1, -0.05) is 46.3 Å². The number of ether oxygens (including phenoxy) is 2. The zero-order valence-electron chi connectivity index (χ0n) is 9.30. The van der Waals surface area contributed by atoms with Crippen molar-refractivity contribution in [1.29, 1.82) is 0 Å². The topological polar surface area (TPSA) is 18.5 Å². The van der Waals surface area contributed by atoms with E-state index in [-0.39, 0.29) is 0 Å². The minimum Gasteiger partial charge on any atom is -0.489 e. The molecule has 17 heavy (non-hydrogen) atoms. The van der Waals surface area contributed by atoms with Gasteiger partial charge >= 0.3 is 0 Å². The Bertz CT molecular complexity index is 457. The Hall–Kier alpha value is -1.48. The van der Waals surface area contributed by atoms with Gasteiger partial charge in [0.15, 0.2) is 11.5 Å². The fourth-order valence-electron chi connectivity index (χ4n) is 1.42. The van der Waals surface area contributed by atoms with Crippen LogP contribution in [0.3, 0.4) is 0 Å². The summed E-state index contributed by atoms with van der Waals surface area (Å²) >= 11 is 3.33. The predicted molar refractivity (Wildman–Crippen MR) is 72.2 cm³/mol. The van der Waals surface area contributed by atoms with Crippen LogP contribution in [0.1, 0.15) is 0 Å². The monoisotopic (exact) mass is 292 g/mol. The summed E-state index contributed by atoms with van der Waals surface area (Å²) in [7, 11) is 0. The molecule has 0 saturated carbocycles. The summed E-state index contributed by atoms with van der Waals surface area (Å²) in [6, 6.07) is 17.3. The molecule has 0 atom stereocenters. The molecule has 2 aromatic carbocycles. The van der Waals surface area contributed by atoms with Crippen LogP contribution < -0.4 is 9.47 Å². The van der Waals surface area contributed by atoms with E-state index in [1.54, 1.807) is 0 Å². The summed E-state index contributed by atoms with van der Waals surface area (Å²) in [5, 5.41) is 0.798. The highest BCUT2D eigenvalue weighted by Gasteiger charge is 2.04. The molecule has 0 aliphatic rings. The second-order valence-electron chi connectivity index (χ2n) is 3.40. The minimum atomic E-state index is 0.620. The van der Waals surface area contributed by atoms with Crippen LogP contribution in [0.15, 0.2) is 54.6 Å². The lowest BCUT2D eigenvalue weighted by Crippen LogP contribution is -1.99. The summed E-state index contributed by atoms with van der Waals surface area (Å²) in [6.07, 6.45) is 0. The number of hydrogen-bond donors (Lipinski definition) is 0. The molecule has 0 aliphatic heterocycles. The Balaban J connectivity index is 2.15. The number of alkyl halides is 1. The van der Waals surface area contributed by atoms with Gasteiger partial charge in [-0.2, -0.15) is 0 Å². The van der Waals surface area contributed by atoms with Gasteiger partial charge in [-0.15, -0.1) is 0 Å². The van der Waals surface area contributed by atoms with E-state index in [4.69, 9.17) is 9.47 Å². The smallest absolute Gasteiger partial charge is 0.169 e. The molecule has 0 bridgehead atoms. The zero-order chi connectivity index (χ0) is 11.9. The number of halogens is 1. The normalized spacial score (nSPS) is 9.94. The molecule has 0 N–H and O–H groups in total. The number of rotatable bonds is 5. The molecular weight excluding hydrogens is 280 g/mol. The van der Waals surface area contributed by atoms with Crippen LogP contribution >= 0.6 is 15.9 Å². The largest absolute Gasteiger partial charge is 0.489 e. The third kappa shape index (κ3) is 3.49. The summed E-state index contributed by atoms with van der Waals surface area (Å²) < 4.78 is 11.4. The number of benzene rings is 2. The number of hydrogen-bond acceptors (Lipinski definition) is 2. The quantitative estimate of drug-likeness (QED) is 0.767. The van der Waals surface area contributed by atoms with Crippen LogP contribution in [-0.4, -0.2) is 11.9 Å². The van der Waals surface area contributed by atoms with E-state index in [1.807, 2.05) is 54.6 Å². The SMILES string of the molecule is BrCCOc1ccccc1Oc1ccccc1. The lowest BCUT2D eigenvalue weighted by Gasteiger charge is -2.11. The van der Waals surface area contributed by atoms with Crippen molar-refractivity contribution in [2.24, 2.45) is 0 Å². The van der Waals surface area contributed by atoms with E-state index in [0.29, 0.717) is 6.61 Å². The van der Waals surface area contributed by atoms with Gasteiger partial charge in [-0.05, 0) is 24.3 Å². The van der Waals surface area contributed by atoms with Crippen molar-refractivity contribution >= 4 is 15.9 Å². The molecule has 0 spiro atoms. The Labute approximate surface area is 109 Å². The van der Waals surface area contributed by atoms with Gasteiger partial charge in [-0.25, -0.2) is 0 Å². The molecule has 0 heterocycles. The summed E-state index contributed by atoms with van der Waals surface area (Å²) in [4.78, 5) is 0. The Morgan fingerprint density at radius 3 is 2.18 bits per heavy atom. The van der Waals surface area contributed by atoms with Gasteiger partial charge in [0.25, 0.3) is 0 Å². The van der Waals surface area contributed by atoms with Crippen molar-refractivity contribution in [1.82, 2.24) is 0 Å². The highest BCUT2D eigenvalue weighted by atomic mass is 79.9. The van der Waals surface area contributed by atoms with E-state index < -0.39 is 0 Å². The van der Waals surface area contributed by atoms with Crippen LogP contribution in [0.2, 0.25) is 0 Å². The molecule has 2 aromatic rings. The van der Waals surface area contributed by atoms with Crippen molar-refractivity contribution < 1.29 is 9.47 Å². The Kier molecular flexibility index (Phi) is 4.45. The lowest BCUT2D eigenvalue weighted by molar-refractivity contribution is 0.325. The molecule has 0 saturated heterocycles. The van der Waals surface area contributed by atoms with Crippen molar-refractivity contribution in [3.63, 3.8) is 0 Å². The molecular formula is C14H13BrO2. The molecule has 0 amide bonds. The second-order valence-corrected chi connectivity index (χ2v) is 4.19. The van der Waals surface area contributed by atoms with Crippen molar-refractivity contribution in [2.75, 3.05) is 11.9 Å². The number of para-hydroxylation sites is 3. The molecule has 0 aromatic heterocycles. The maximum absolute atomic E-state index is 5.77. The molecule has 2 nitrogen and oxygen atoms in total. The zero-order valence-corrected chi connectivity index (χ0v) is 10.9. The predicted octanol–water partition coefficient (Wildman–Crippen LogP) is 4.25. The van der Waals surface area contributed by atoms with E-state index in [2.05, 4.69) is 15.9 Å². The van der Waals surface area contributed by atoms with Crippen molar-refractivity contribution in [3.8, 4) is 17.2 Å². The molecule has 0 aliphatic carbocycles. The van der Waals surface area contributed by atoms with Crippen LogP contribution in [0, 0.1) is 0 Å². The van der Waals surface area contributed by atoms with Crippen molar-refractivity contribution in [2.45, 2.75) is 0 Å². The summed E-state index contributed by atoms with van der Waals surface area (Å²) in [5.41, 5.74) is 0. The molecule has 0 radical (unpaired) electrons. The minimum absolute atomic E-state index is 0.620. The molecule has 88 valence electrons. The van der Waals surface area contributed by atoms with Crippen molar-refractivity contribution in [3.05, 3.63) is 54.6 Å². The molecule has 0 unspecified atom stereocenters. The van der Waals surface area contributed by atoms with Gasteiger partial charge in [-0.3, -0.25) is 0 Å². The first-order valence-corrected chi connectivity index (χ1v) is 6.53. The first-order chi connectivity index (χ1) is 8.40. The van der Waals surface area contributed by atoms with Crippen LogP contribution in [0.25, 0.3) is 0 Å². The fraction of sp³-hybridized carbons (Fsp3) is 0.143. The molecule has 0 fully saturated rings. The van der Waals surface area contributed by atoms with Gasteiger partial charge in [0.05, 0.1) is 6.61 Å². The second kappa shape index (κ2) is 6.30. The van der Waals surface area contributed by atoms with E-state index >= 15 is 0 Å². The Morgan fingerprint density at radius 2 is 1.47 bits per heavy atom. The summed E-state index contributed by atoms with van der Waals surface area (Å²) in [6.45, 7) is 0.620. The van der Waals surface area contributed by atoms with E-state index in [1.165, 1.54) is 0 Å². The van der Waals surface area contributed by atoms with E-state index in [9.17, 15) is 0 Å². The van der Waals surface area contributed by atoms with Gasteiger partial charge < -0.3 is 9.47 Å². The highest BCUT2D eigenvalue weighted by molar-refractivity contribution is 9.09. The van der Waals surface area contributed by atoms with E-state index in [0.717, 1.165) is 22.6 Å². The highest BCUT2D eigenvalue weighted by Crippen LogP contribution is 2.30. The van der Waals surface area contributed by atoms with Gasteiger partial charge in [0.2, 0.25) is 0 Å². The Morgan fingerprint density at radius 1 is 0.824 bits per heavy atom. The molecule has 3 heteroatoms. The first-order valence-electron chi connectivity index (χ1n) is 5.41. The maximum atomic E-state index is 5.77. The van der Waals surface area contributed by atoms with Gasteiger partial charge in [0.1, 0.15) is 5.75 Å². The molecule has 2 rings (SSSR count). The fourth-order valence-corrected chi connectivity index (χ4v) is 1.58. The third-order valence-corrected chi connectivity index (χ3v) is 2.48. The third-order valence-electron chi connectivity index (χ3n) is 2.15. The first kappa shape index (κ1) is 12.0. The average molecular weight is 293 g/mol. The standard InChI is InChI=1S/C14H13BrO2/c15-10-11-16-13-8-4-5-9-14(13)17-12-6-2-1-3-7-12/h1-9H,10-11H2. The lowest BCUT2D eigenvalue weighted by atomic mass is 10.3. The van der Waals surface area contributed by atoms with Gasteiger partial charge in [0, 0.05) is 5.33 Å². The summed E-state index contributed by atoms with van der Waals surface area (Å²) in [5.74, 6) is 2.30. The van der Waals surface area contributed by atoms with Crippen LogP contribution in [-0.2, 0) is 0 Å². The van der Waals surface area contributed by atoms with Crippen LogP contribution in [0.5, 0.6) is 17.2 Å².